The van der Waals surface area contributed by atoms with Crippen molar-refractivity contribution in [3.63, 3.8) is 0 Å². The molecule has 0 N–H and O–H groups in total. The summed E-state index contributed by atoms with van der Waals surface area (Å²) in [6.07, 6.45) is -4.47. The predicted molar refractivity (Wildman–Crippen MR) is 194 cm³/mol. The maximum absolute atomic E-state index is 13.7. The van der Waals surface area contributed by atoms with E-state index >= 15 is 0 Å². The van der Waals surface area contributed by atoms with Gasteiger partial charge < -0.3 is 9.13 Å². The first kappa shape index (κ1) is 30.5. The van der Waals surface area contributed by atoms with Crippen molar-refractivity contribution in [2.24, 2.45) is 0 Å². The lowest BCUT2D eigenvalue weighted by molar-refractivity contribution is -0.137. The van der Waals surface area contributed by atoms with Gasteiger partial charge in [0.05, 0.1) is 50.6 Å². The Bertz CT molecular complexity index is 2600. The molecule has 0 fully saturated rings. The Labute approximate surface area is 282 Å². The van der Waals surface area contributed by atoms with Crippen LogP contribution in [0, 0.1) is 45.9 Å². The second kappa shape index (κ2) is 10.9. The van der Waals surface area contributed by atoms with Gasteiger partial charge in [-0.3, -0.25) is 0 Å². The van der Waals surface area contributed by atoms with Crippen LogP contribution in [0.2, 0.25) is 0 Å². The van der Waals surface area contributed by atoms with E-state index in [0.29, 0.717) is 22.3 Å². The van der Waals surface area contributed by atoms with E-state index in [1.165, 1.54) is 6.07 Å². The Hall–Kier alpha value is -5.80. The molecule has 0 aliphatic heterocycles. The largest absolute Gasteiger partial charge is 0.416 e. The minimum Gasteiger partial charge on any atom is -0.307 e. The number of nitrogens with zero attached hydrogens (tertiary/aromatic N) is 3. The summed E-state index contributed by atoms with van der Waals surface area (Å²) in [4.78, 5) is 0. The van der Waals surface area contributed by atoms with Crippen LogP contribution in [-0.2, 0) is 6.18 Å². The van der Waals surface area contributed by atoms with Gasteiger partial charge in [-0.1, -0.05) is 54.6 Å². The van der Waals surface area contributed by atoms with Crippen molar-refractivity contribution >= 4 is 43.6 Å². The van der Waals surface area contributed by atoms with Gasteiger partial charge in [0.25, 0.3) is 0 Å². The van der Waals surface area contributed by atoms with E-state index in [2.05, 4.69) is 116 Å². The summed E-state index contributed by atoms with van der Waals surface area (Å²) in [5.74, 6) is 0. The number of alkyl halides is 3. The van der Waals surface area contributed by atoms with Crippen molar-refractivity contribution in [3.8, 4) is 28.6 Å². The molecule has 49 heavy (non-hydrogen) atoms. The highest BCUT2D eigenvalue weighted by Crippen LogP contribution is 2.44. The van der Waals surface area contributed by atoms with Crippen LogP contribution in [0.15, 0.2) is 103 Å². The summed E-state index contributed by atoms with van der Waals surface area (Å²) in [6, 6.07) is 35.2. The van der Waals surface area contributed by atoms with Gasteiger partial charge in [0.1, 0.15) is 0 Å². The molecule has 8 aromatic rings. The van der Waals surface area contributed by atoms with Crippen LogP contribution in [-0.4, -0.2) is 9.13 Å². The molecule has 3 nitrogen and oxygen atoms in total. The summed E-state index contributed by atoms with van der Waals surface area (Å²) >= 11 is 0. The molecule has 0 bridgehead atoms. The number of rotatable bonds is 3. The first-order chi connectivity index (χ1) is 23.5. The van der Waals surface area contributed by atoms with Gasteiger partial charge in [-0.15, -0.1) is 0 Å². The topological polar surface area (TPSA) is 33.6 Å². The van der Waals surface area contributed by atoms with Crippen molar-refractivity contribution < 1.29 is 13.2 Å². The third kappa shape index (κ3) is 4.49. The third-order valence-corrected chi connectivity index (χ3v) is 10.0. The average molecular weight is 648 g/mol. The quantitative estimate of drug-likeness (QED) is 0.188. The summed E-state index contributed by atoms with van der Waals surface area (Å²) in [5, 5.41) is 15.3. The van der Waals surface area contributed by atoms with Gasteiger partial charge >= 0.3 is 6.18 Å². The summed E-state index contributed by atoms with van der Waals surface area (Å²) < 4.78 is 45.7. The molecular formula is C43H32F3N3. The van der Waals surface area contributed by atoms with Crippen molar-refractivity contribution in [2.45, 2.75) is 40.8 Å². The molecule has 2 aromatic heterocycles. The monoisotopic (exact) mass is 647 g/mol. The van der Waals surface area contributed by atoms with Crippen molar-refractivity contribution in [2.75, 3.05) is 0 Å². The number of aryl methyl sites for hydroxylation is 5. The van der Waals surface area contributed by atoms with Crippen molar-refractivity contribution in [3.05, 3.63) is 142 Å². The SMILES string of the molecule is Cc1cc(C(F)(F)F)ccc1-c1cc(-n2c3cccc(C)c3c3c(C)cccc32)c(-n2c3cccc(C)c3c3c(C)cccc32)cc1C#N. The Morgan fingerprint density at radius 1 is 0.490 bits per heavy atom. The first-order valence-electron chi connectivity index (χ1n) is 16.3. The normalized spacial score (nSPS) is 12.1. The lowest BCUT2D eigenvalue weighted by Gasteiger charge is -2.20. The lowest BCUT2D eigenvalue weighted by Crippen LogP contribution is -2.07. The number of aromatic nitrogens is 2. The molecule has 0 saturated carbocycles. The van der Waals surface area contributed by atoms with Crippen LogP contribution >= 0.6 is 0 Å². The second-order valence-electron chi connectivity index (χ2n) is 13.1. The van der Waals surface area contributed by atoms with E-state index in [-0.39, 0.29) is 0 Å². The molecular weight excluding hydrogens is 615 g/mol. The number of hydrogen-bond acceptors (Lipinski definition) is 1. The number of nitriles is 1. The molecule has 0 aliphatic carbocycles. The zero-order valence-corrected chi connectivity index (χ0v) is 27.8. The van der Waals surface area contributed by atoms with E-state index in [0.717, 1.165) is 89.4 Å². The molecule has 0 saturated heterocycles. The van der Waals surface area contributed by atoms with Crippen LogP contribution in [0.5, 0.6) is 0 Å². The zero-order valence-electron chi connectivity index (χ0n) is 27.8. The summed E-state index contributed by atoms with van der Waals surface area (Å²) in [5.41, 5.74) is 11.6. The predicted octanol–water partition coefficient (Wildman–Crippen LogP) is 12.0. The van der Waals surface area contributed by atoms with Gasteiger partial charge in [0.2, 0.25) is 0 Å². The van der Waals surface area contributed by atoms with Crippen LogP contribution in [0.25, 0.3) is 66.1 Å². The minimum atomic E-state index is -4.47. The van der Waals surface area contributed by atoms with Crippen LogP contribution in [0.1, 0.15) is 38.9 Å². The molecule has 6 aromatic carbocycles. The van der Waals surface area contributed by atoms with Crippen LogP contribution in [0.3, 0.4) is 0 Å². The van der Waals surface area contributed by atoms with Crippen molar-refractivity contribution in [1.29, 1.82) is 5.26 Å². The average Bonchev–Trinajstić information content (AvgIpc) is 3.60. The van der Waals surface area contributed by atoms with Gasteiger partial charge in [0.15, 0.2) is 0 Å². The fraction of sp³-hybridized carbons (Fsp3) is 0.140. The fourth-order valence-corrected chi connectivity index (χ4v) is 7.83. The fourth-order valence-electron chi connectivity index (χ4n) is 7.83. The number of hydrogen-bond donors (Lipinski definition) is 0. The summed E-state index contributed by atoms with van der Waals surface area (Å²) in [7, 11) is 0. The maximum Gasteiger partial charge on any atom is 0.416 e. The van der Waals surface area contributed by atoms with E-state index in [1.807, 2.05) is 12.1 Å². The molecule has 0 unspecified atom stereocenters. The third-order valence-electron chi connectivity index (χ3n) is 10.0. The van der Waals surface area contributed by atoms with Crippen LogP contribution < -0.4 is 0 Å². The highest BCUT2D eigenvalue weighted by Gasteiger charge is 2.31. The Morgan fingerprint density at radius 2 is 0.898 bits per heavy atom. The van der Waals surface area contributed by atoms with Crippen molar-refractivity contribution in [1.82, 2.24) is 9.13 Å². The first-order valence-corrected chi connectivity index (χ1v) is 16.3. The Kier molecular flexibility index (Phi) is 6.77. The molecule has 2 heterocycles. The van der Waals surface area contributed by atoms with Gasteiger partial charge in [0, 0.05) is 27.1 Å². The Balaban J connectivity index is 1.58. The molecule has 240 valence electrons. The number of fused-ring (bicyclic) bond motifs is 6. The molecule has 0 amide bonds. The van der Waals surface area contributed by atoms with Crippen LogP contribution in [0.4, 0.5) is 13.2 Å². The smallest absolute Gasteiger partial charge is 0.307 e. The zero-order chi connectivity index (χ0) is 34.4. The minimum absolute atomic E-state index is 0.380. The molecule has 6 heteroatoms. The maximum atomic E-state index is 13.7. The van der Waals surface area contributed by atoms with E-state index in [9.17, 15) is 18.4 Å². The highest BCUT2D eigenvalue weighted by molar-refractivity contribution is 6.14. The van der Waals surface area contributed by atoms with Gasteiger partial charge in [-0.05, 0) is 117 Å². The number of benzene rings is 6. The van der Waals surface area contributed by atoms with Gasteiger partial charge in [-0.2, -0.15) is 18.4 Å². The lowest BCUT2D eigenvalue weighted by atomic mass is 9.93. The van der Waals surface area contributed by atoms with E-state index < -0.39 is 11.7 Å². The standard InChI is InChI=1S/C43H32F3N3/c1-24-10-6-14-33-39(24)40-25(2)11-7-15-34(40)48(33)37-21-29(23-47)32(31-19-18-30(20-28(31)5)43(44,45)46)22-38(37)49-35-16-8-12-26(3)41(35)42-27(4)13-9-17-36(42)49/h6-22H,1-5H3. The molecule has 8 rings (SSSR count). The van der Waals surface area contributed by atoms with Gasteiger partial charge in [-0.25, -0.2) is 0 Å². The second-order valence-corrected chi connectivity index (χ2v) is 13.1. The molecule has 0 spiro atoms. The molecule has 0 radical (unpaired) electrons. The Morgan fingerprint density at radius 3 is 1.27 bits per heavy atom. The van der Waals surface area contributed by atoms with E-state index in [4.69, 9.17) is 0 Å². The summed E-state index contributed by atoms with van der Waals surface area (Å²) in [6.45, 7) is 10.1. The molecule has 0 aliphatic rings. The molecule has 0 atom stereocenters. The number of halogens is 3. The van der Waals surface area contributed by atoms with E-state index in [1.54, 1.807) is 6.92 Å². The highest BCUT2D eigenvalue weighted by atomic mass is 19.4.